The average Bonchev–Trinajstić information content (AvgIpc) is 2.62. The van der Waals surface area contributed by atoms with Crippen LogP contribution in [0.5, 0.6) is 0 Å². The van der Waals surface area contributed by atoms with Crippen LogP contribution in [0.2, 0.25) is 0 Å². The van der Waals surface area contributed by atoms with E-state index in [0.717, 1.165) is 25.2 Å². The Kier molecular flexibility index (Phi) is 3.68. The molecule has 0 radical (unpaired) electrons. The first-order valence-electron chi connectivity index (χ1n) is 6.51. The molecular formula is C13H25NO. The van der Waals surface area contributed by atoms with Crippen LogP contribution in [-0.4, -0.2) is 25.8 Å². The van der Waals surface area contributed by atoms with E-state index in [-0.39, 0.29) is 0 Å². The minimum Gasteiger partial charge on any atom is -0.381 e. The Balaban J connectivity index is 1.76. The predicted molar refractivity (Wildman–Crippen MR) is 63.0 cm³/mol. The van der Waals surface area contributed by atoms with Crippen LogP contribution in [0.1, 0.15) is 46.0 Å². The average molecular weight is 211 g/mol. The summed E-state index contributed by atoms with van der Waals surface area (Å²) in [5, 5.41) is 3.79. The van der Waals surface area contributed by atoms with Crippen molar-refractivity contribution in [3.8, 4) is 0 Å². The third-order valence-electron chi connectivity index (χ3n) is 4.35. The van der Waals surface area contributed by atoms with Crippen molar-refractivity contribution in [2.45, 2.75) is 52.0 Å². The van der Waals surface area contributed by atoms with E-state index in [1.54, 1.807) is 0 Å². The summed E-state index contributed by atoms with van der Waals surface area (Å²) < 4.78 is 5.43. The molecular weight excluding hydrogens is 186 g/mol. The highest BCUT2D eigenvalue weighted by Gasteiger charge is 2.30. The van der Waals surface area contributed by atoms with Gasteiger partial charge >= 0.3 is 0 Å². The molecule has 0 aromatic carbocycles. The lowest BCUT2D eigenvalue weighted by Crippen LogP contribution is -2.42. The first-order chi connectivity index (χ1) is 7.20. The van der Waals surface area contributed by atoms with Gasteiger partial charge in [-0.15, -0.1) is 0 Å². The molecule has 2 fully saturated rings. The Morgan fingerprint density at radius 3 is 2.60 bits per heavy atom. The normalized spacial score (nSPS) is 35.6. The fourth-order valence-electron chi connectivity index (χ4n) is 2.87. The minimum atomic E-state index is 0.487. The quantitative estimate of drug-likeness (QED) is 0.774. The Labute approximate surface area is 93.8 Å². The van der Waals surface area contributed by atoms with Crippen LogP contribution in [0, 0.1) is 11.3 Å². The molecule has 1 aliphatic heterocycles. The highest BCUT2D eigenvalue weighted by molar-refractivity contribution is 4.85. The zero-order chi connectivity index (χ0) is 10.7. The molecule has 2 aliphatic rings. The van der Waals surface area contributed by atoms with E-state index >= 15 is 0 Å². The highest BCUT2D eigenvalue weighted by atomic mass is 16.5. The molecule has 1 N–H and O–H groups in total. The van der Waals surface area contributed by atoms with E-state index in [4.69, 9.17) is 4.74 Å². The monoisotopic (exact) mass is 211 g/mol. The van der Waals surface area contributed by atoms with Crippen LogP contribution >= 0.6 is 0 Å². The Morgan fingerprint density at radius 2 is 2.00 bits per heavy atom. The van der Waals surface area contributed by atoms with E-state index in [2.05, 4.69) is 19.2 Å². The van der Waals surface area contributed by atoms with E-state index in [1.165, 1.54) is 38.6 Å². The zero-order valence-electron chi connectivity index (χ0n) is 10.2. The lowest BCUT2D eigenvalue weighted by molar-refractivity contribution is 0.0224. The number of hydrogen-bond acceptors (Lipinski definition) is 2. The third kappa shape index (κ3) is 2.94. The van der Waals surface area contributed by atoms with Crippen LogP contribution < -0.4 is 5.32 Å². The molecule has 2 unspecified atom stereocenters. The topological polar surface area (TPSA) is 21.3 Å². The SMILES string of the molecule is CC1CCCC1NCC1(C)CCOCC1. The molecule has 15 heavy (non-hydrogen) atoms. The largest absolute Gasteiger partial charge is 0.381 e. The molecule has 1 saturated heterocycles. The first-order valence-corrected chi connectivity index (χ1v) is 6.51. The minimum absolute atomic E-state index is 0.487. The molecule has 2 heteroatoms. The fourth-order valence-corrected chi connectivity index (χ4v) is 2.87. The first kappa shape index (κ1) is 11.4. The summed E-state index contributed by atoms with van der Waals surface area (Å²) in [4.78, 5) is 0. The van der Waals surface area contributed by atoms with Gasteiger partial charge < -0.3 is 10.1 Å². The van der Waals surface area contributed by atoms with Crippen molar-refractivity contribution in [1.82, 2.24) is 5.32 Å². The van der Waals surface area contributed by atoms with E-state index in [9.17, 15) is 0 Å². The van der Waals surface area contributed by atoms with Gasteiger partial charge in [-0.25, -0.2) is 0 Å². The summed E-state index contributed by atoms with van der Waals surface area (Å²) in [7, 11) is 0. The van der Waals surface area contributed by atoms with Gasteiger partial charge in [0.15, 0.2) is 0 Å². The van der Waals surface area contributed by atoms with Crippen LogP contribution in [0.3, 0.4) is 0 Å². The predicted octanol–water partition coefficient (Wildman–Crippen LogP) is 2.58. The van der Waals surface area contributed by atoms with Gasteiger partial charge in [-0.1, -0.05) is 20.3 Å². The smallest absolute Gasteiger partial charge is 0.0471 e. The maximum absolute atomic E-state index is 5.43. The lowest BCUT2D eigenvalue weighted by atomic mass is 9.82. The summed E-state index contributed by atoms with van der Waals surface area (Å²) >= 11 is 0. The van der Waals surface area contributed by atoms with Crippen molar-refractivity contribution in [2.24, 2.45) is 11.3 Å². The maximum atomic E-state index is 5.43. The second-order valence-corrected chi connectivity index (χ2v) is 5.82. The molecule has 2 rings (SSSR count). The maximum Gasteiger partial charge on any atom is 0.0471 e. The molecule has 1 aliphatic carbocycles. The molecule has 0 aromatic heterocycles. The van der Waals surface area contributed by atoms with Gasteiger partial charge in [0.2, 0.25) is 0 Å². The van der Waals surface area contributed by atoms with Gasteiger partial charge in [0.1, 0.15) is 0 Å². The fraction of sp³-hybridized carbons (Fsp3) is 1.00. The lowest BCUT2D eigenvalue weighted by Gasteiger charge is -2.35. The van der Waals surface area contributed by atoms with E-state index < -0.39 is 0 Å². The molecule has 1 saturated carbocycles. The Morgan fingerprint density at radius 1 is 1.27 bits per heavy atom. The summed E-state index contributed by atoms with van der Waals surface area (Å²) in [5.41, 5.74) is 0.487. The number of hydrogen-bond donors (Lipinski definition) is 1. The van der Waals surface area contributed by atoms with Gasteiger partial charge in [-0.05, 0) is 37.0 Å². The van der Waals surface area contributed by atoms with Crippen molar-refractivity contribution >= 4 is 0 Å². The van der Waals surface area contributed by atoms with Gasteiger partial charge in [0, 0.05) is 25.8 Å². The molecule has 2 atom stereocenters. The number of rotatable bonds is 3. The zero-order valence-corrected chi connectivity index (χ0v) is 10.2. The van der Waals surface area contributed by atoms with Crippen LogP contribution in [0.4, 0.5) is 0 Å². The third-order valence-corrected chi connectivity index (χ3v) is 4.35. The summed E-state index contributed by atoms with van der Waals surface area (Å²) in [6, 6.07) is 0.782. The van der Waals surface area contributed by atoms with Crippen molar-refractivity contribution in [1.29, 1.82) is 0 Å². The van der Waals surface area contributed by atoms with Crippen molar-refractivity contribution in [3.05, 3.63) is 0 Å². The van der Waals surface area contributed by atoms with Gasteiger partial charge in [-0.2, -0.15) is 0 Å². The van der Waals surface area contributed by atoms with Crippen LogP contribution in [0.15, 0.2) is 0 Å². The summed E-state index contributed by atoms with van der Waals surface area (Å²) in [6.07, 6.45) is 6.66. The van der Waals surface area contributed by atoms with Gasteiger partial charge in [0.25, 0.3) is 0 Å². The Hall–Kier alpha value is -0.0800. The number of ether oxygens (including phenoxy) is 1. The van der Waals surface area contributed by atoms with Crippen molar-refractivity contribution in [2.75, 3.05) is 19.8 Å². The van der Waals surface area contributed by atoms with Crippen LogP contribution in [-0.2, 0) is 4.74 Å². The standard InChI is InChI=1S/C13H25NO/c1-11-4-3-5-12(11)14-10-13(2)6-8-15-9-7-13/h11-12,14H,3-10H2,1-2H3. The summed E-state index contributed by atoms with van der Waals surface area (Å²) in [6.45, 7) is 7.89. The van der Waals surface area contributed by atoms with E-state index in [1.807, 2.05) is 0 Å². The Bertz CT molecular complexity index is 199. The van der Waals surface area contributed by atoms with Gasteiger partial charge in [-0.3, -0.25) is 0 Å². The summed E-state index contributed by atoms with van der Waals surface area (Å²) in [5.74, 6) is 0.883. The molecule has 0 spiro atoms. The van der Waals surface area contributed by atoms with Crippen molar-refractivity contribution in [3.63, 3.8) is 0 Å². The molecule has 88 valence electrons. The highest BCUT2D eigenvalue weighted by Crippen LogP contribution is 2.31. The molecule has 1 heterocycles. The van der Waals surface area contributed by atoms with Crippen molar-refractivity contribution < 1.29 is 4.74 Å². The van der Waals surface area contributed by atoms with E-state index in [0.29, 0.717) is 5.41 Å². The molecule has 0 aromatic rings. The second-order valence-electron chi connectivity index (χ2n) is 5.82. The molecule has 2 nitrogen and oxygen atoms in total. The van der Waals surface area contributed by atoms with Crippen LogP contribution in [0.25, 0.3) is 0 Å². The second kappa shape index (κ2) is 4.84. The number of nitrogens with one attached hydrogen (secondary N) is 1. The molecule has 0 amide bonds. The van der Waals surface area contributed by atoms with Gasteiger partial charge in [0.05, 0.1) is 0 Å². The molecule has 0 bridgehead atoms.